The van der Waals surface area contributed by atoms with Crippen molar-refractivity contribution in [3.63, 3.8) is 0 Å². The minimum Gasteiger partial charge on any atom is -0.489 e. The number of carboxylic acid groups (broad SMARTS) is 1. The first kappa shape index (κ1) is 20.1. The molecule has 0 bridgehead atoms. The van der Waals surface area contributed by atoms with Crippen LogP contribution in [0.15, 0.2) is 47.6 Å². The minimum absolute atomic E-state index is 0.0732. The zero-order chi connectivity index (χ0) is 21.5. The number of hydrogen-bond donors (Lipinski definition) is 1. The average molecular weight is 433 g/mol. The SMILES string of the molecule is CS(=O)(=O)c1cc(F)c2c(ccn2-c2ccc(OC3CCN(C(=O)O)CC3)cn2)c1. The third kappa shape index (κ3) is 3.95. The van der Waals surface area contributed by atoms with Crippen LogP contribution in [-0.2, 0) is 9.84 Å². The molecule has 10 heteroatoms. The van der Waals surface area contributed by atoms with Crippen LogP contribution in [0.5, 0.6) is 5.75 Å². The van der Waals surface area contributed by atoms with Crippen molar-refractivity contribution in [2.75, 3.05) is 19.3 Å². The van der Waals surface area contributed by atoms with Crippen LogP contribution >= 0.6 is 0 Å². The molecule has 0 radical (unpaired) electrons. The van der Waals surface area contributed by atoms with Gasteiger partial charge in [0.1, 0.15) is 23.5 Å². The van der Waals surface area contributed by atoms with Gasteiger partial charge in [0.15, 0.2) is 9.84 Å². The van der Waals surface area contributed by atoms with Gasteiger partial charge in [-0.3, -0.25) is 4.57 Å². The van der Waals surface area contributed by atoms with Crippen LogP contribution in [-0.4, -0.2) is 59.5 Å². The van der Waals surface area contributed by atoms with E-state index >= 15 is 0 Å². The van der Waals surface area contributed by atoms with Crippen molar-refractivity contribution in [1.29, 1.82) is 0 Å². The first-order valence-electron chi connectivity index (χ1n) is 9.34. The van der Waals surface area contributed by atoms with Gasteiger partial charge in [0, 0.05) is 43.8 Å². The van der Waals surface area contributed by atoms with Gasteiger partial charge < -0.3 is 14.7 Å². The first-order valence-corrected chi connectivity index (χ1v) is 11.2. The number of hydrogen-bond acceptors (Lipinski definition) is 5. The van der Waals surface area contributed by atoms with E-state index < -0.39 is 21.7 Å². The fourth-order valence-electron chi connectivity index (χ4n) is 3.55. The molecule has 3 heterocycles. The summed E-state index contributed by atoms with van der Waals surface area (Å²) in [6.07, 6.45) is 4.39. The molecule has 1 aliphatic heterocycles. The standard InChI is InChI=1S/C20H20FN3O5S/c1-30(27,28)16-10-13-4-9-24(19(13)17(21)11-16)18-3-2-15(12-22-18)29-14-5-7-23(8-6-14)20(25)26/h2-4,9-12,14H,5-8H2,1H3,(H,25,26). The predicted molar refractivity (Wildman–Crippen MR) is 107 cm³/mol. The lowest BCUT2D eigenvalue weighted by molar-refractivity contribution is 0.0893. The molecule has 2 aromatic heterocycles. The molecule has 0 atom stereocenters. The number of sulfone groups is 1. The van der Waals surface area contributed by atoms with Crippen molar-refractivity contribution in [2.24, 2.45) is 0 Å². The molecule has 0 unspecified atom stereocenters. The second-order valence-corrected chi connectivity index (χ2v) is 9.26. The number of benzene rings is 1. The zero-order valence-corrected chi connectivity index (χ0v) is 17.0. The van der Waals surface area contributed by atoms with Gasteiger partial charge in [-0.05, 0) is 30.3 Å². The highest BCUT2D eigenvalue weighted by molar-refractivity contribution is 7.90. The molecule has 1 fully saturated rings. The summed E-state index contributed by atoms with van der Waals surface area (Å²) in [7, 11) is -3.52. The number of piperidine rings is 1. The quantitative estimate of drug-likeness (QED) is 0.679. The third-order valence-corrected chi connectivity index (χ3v) is 6.21. The van der Waals surface area contributed by atoms with Crippen LogP contribution in [0.1, 0.15) is 12.8 Å². The molecular formula is C20H20FN3O5S. The summed E-state index contributed by atoms with van der Waals surface area (Å²) in [5.74, 6) is 0.359. The van der Waals surface area contributed by atoms with Gasteiger partial charge >= 0.3 is 6.09 Å². The van der Waals surface area contributed by atoms with Crippen LogP contribution in [0.25, 0.3) is 16.7 Å². The summed E-state index contributed by atoms with van der Waals surface area (Å²) in [5.41, 5.74) is 0.240. The fraction of sp³-hybridized carbons (Fsp3) is 0.300. The van der Waals surface area contributed by atoms with E-state index in [1.54, 1.807) is 29.0 Å². The second-order valence-electron chi connectivity index (χ2n) is 7.24. The summed E-state index contributed by atoms with van der Waals surface area (Å²) in [6, 6.07) is 7.49. The Morgan fingerprint density at radius 3 is 2.57 bits per heavy atom. The summed E-state index contributed by atoms with van der Waals surface area (Å²) < 4.78 is 45.5. The number of pyridine rings is 1. The van der Waals surface area contributed by atoms with Crippen molar-refractivity contribution in [1.82, 2.24) is 14.5 Å². The van der Waals surface area contributed by atoms with E-state index in [1.165, 1.54) is 17.2 Å². The molecule has 0 saturated carbocycles. The molecule has 3 aromatic rings. The van der Waals surface area contributed by atoms with Crippen molar-refractivity contribution in [2.45, 2.75) is 23.8 Å². The van der Waals surface area contributed by atoms with E-state index in [9.17, 15) is 17.6 Å². The van der Waals surface area contributed by atoms with Crippen LogP contribution in [0.4, 0.5) is 9.18 Å². The molecule has 1 amide bonds. The maximum absolute atomic E-state index is 14.6. The smallest absolute Gasteiger partial charge is 0.407 e. The van der Waals surface area contributed by atoms with E-state index in [2.05, 4.69) is 4.98 Å². The summed E-state index contributed by atoms with van der Waals surface area (Å²) >= 11 is 0. The number of halogens is 1. The number of aromatic nitrogens is 2. The Labute approximate surface area is 172 Å². The minimum atomic E-state index is -3.52. The Kier molecular flexibility index (Phi) is 5.10. The van der Waals surface area contributed by atoms with Gasteiger partial charge in [-0.15, -0.1) is 0 Å². The fourth-order valence-corrected chi connectivity index (χ4v) is 4.21. The second kappa shape index (κ2) is 7.60. The van der Waals surface area contributed by atoms with Gasteiger partial charge in [0.2, 0.25) is 0 Å². The molecule has 158 valence electrons. The molecule has 1 N–H and O–H groups in total. The molecule has 1 aromatic carbocycles. The third-order valence-electron chi connectivity index (χ3n) is 5.12. The van der Waals surface area contributed by atoms with E-state index in [1.807, 2.05) is 0 Å². The molecule has 0 spiro atoms. The summed E-state index contributed by atoms with van der Waals surface area (Å²) in [6.45, 7) is 0.852. The van der Waals surface area contributed by atoms with E-state index in [4.69, 9.17) is 9.84 Å². The largest absolute Gasteiger partial charge is 0.489 e. The number of ether oxygens (including phenoxy) is 1. The molecular weight excluding hydrogens is 413 g/mol. The zero-order valence-electron chi connectivity index (χ0n) is 16.2. The van der Waals surface area contributed by atoms with Gasteiger partial charge in [-0.25, -0.2) is 22.6 Å². The Bertz CT molecular complexity index is 1200. The highest BCUT2D eigenvalue weighted by atomic mass is 32.2. The maximum Gasteiger partial charge on any atom is 0.407 e. The lowest BCUT2D eigenvalue weighted by Gasteiger charge is -2.30. The lowest BCUT2D eigenvalue weighted by Crippen LogP contribution is -2.41. The van der Waals surface area contributed by atoms with Gasteiger partial charge in [0.25, 0.3) is 0 Å². The van der Waals surface area contributed by atoms with Crippen LogP contribution in [0, 0.1) is 5.82 Å². The summed E-state index contributed by atoms with van der Waals surface area (Å²) in [5, 5.41) is 9.46. The first-order chi connectivity index (χ1) is 14.2. The number of carbonyl (C=O) groups is 1. The van der Waals surface area contributed by atoms with Crippen molar-refractivity contribution in [3.05, 3.63) is 48.5 Å². The molecule has 4 rings (SSSR count). The molecule has 0 aliphatic carbocycles. The van der Waals surface area contributed by atoms with Gasteiger partial charge in [-0.2, -0.15) is 0 Å². The number of rotatable bonds is 4. The normalized spacial score (nSPS) is 15.5. The average Bonchev–Trinajstić information content (AvgIpc) is 3.13. The number of fused-ring (bicyclic) bond motifs is 1. The number of likely N-dealkylation sites (tertiary alicyclic amines) is 1. The Balaban J connectivity index is 1.53. The van der Waals surface area contributed by atoms with Crippen molar-refractivity contribution >= 4 is 26.8 Å². The van der Waals surface area contributed by atoms with E-state index in [-0.39, 0.29) is 16.5 Å². The van der Waals surface area contributed by atoms with Gasteiger partial charge in [-0.1, -0.05) is 0 Å². The highest BCUT2D eigenvalue weighted by Crippen LogP contribution is 2.27. The lowest BCUT2D eigenvalue weighted by atomic mass is 10.1. The number of nitrogens with zero attached hydrogens (tertiary/aromatic N) is 3. The van der Waals surface area contributed by atoms with Crippen LogP contribution < -0.4 is 4.74 Å². The monoisotopic (exact) mass is 433 g/mol. The van der Waals surface area contributed by atoms with E-state index in [0.29, 0.717) is 42.9 Å². The molecule has 1 aliphatic rings. The number of amides is 1. The Morgan fingerprint density at radius 1 is 1.23 bits per heavy atom. The van der Waals surface area contributed by atoms with E-state index in [0.717, 1.165) is 12.3 Å². The topological polar surface area (TPSA) is 102 Å². The van der Waals surface area contributed by atoms with Crippen molar-refractivity contribution < 1.29 is 27.4 Å². The van der Waals surface area contributed by atoms with Gasteiger partial charge in [0.05, 0.1) is 16.6 Å². The molecule has 1 saturated heterocycles. The Morgan fingerprint density at radius 2 is 1.97 bits per heavy atom. The van der Waals surface area contributed by atoms with Crippen molar-refractivity contribution in [3.8, 4) is 11.6 Å². The van der Waals surface area contributed by atoms with Crippen LogP contribution in [0.2, 0.25) is 0 Å². The summed E-state index contributed by atoms with van der Waals surface area (Å²) in [4.78, 5) is 16.6. The molecule has 30 heavy (non-hydrogen) atoms. The van der Waals surface area contributed by atoms with Crippen LogP contribution in [0.3, 0.4) is 0 Å². The Hall–Kier alpha value is -3.14. The maximum atomic E-state index is 14.6. The predicted octanol–water partition coefficient (Wildman–Crippen LogP) is 3.09. The highest BCUT2D eigenvalue weighted by Gasteiger charge is 2.23. The molecule has 8 nitrogen and oxygen atoms in total.